The number of hydrogen-bond acceptors (Lipinski definition) is 4. The van der Waals surface area contributed by atoms with Crippen molar-refractivity contribution in [2.45, 2.75) is 0 Å². The lowest BCUT2D eigenvalue weighted by molar-refractivity contribution is 0.622. The van der Waals surface area contributed by atoms with Crippen molar-refractivity contribution < 1.29 is 4.39 Å². The van der Waals surface area contributed by atoms with Gasteiger partial charge in [-0.25, -0.2) is 14.4 Å². The van der Waals surface area contributed by atoms with Crippen molar-refractivity contribution in [2.24, 2.45) is 0 Å². The normalized spacial score (nSPS) is 10.7. The third kappa shape index (κ3) is 1.75. The van der Waals surface area contributed by atoms with Gasteiger partial charge in [-0.05, 0) is 23.8 Å². The summed E-state index contributed by atoms with van der Waals surface area (Å²) in [7, 11) is 0. The number of benzene rings is 1. The van der Waals surface area contributed by atoms with E-state index in [-0.39, 0.29) is 5.82 Å². The first-order valence-electron chi connectivity index (χ1n) is 5.35. The van der Waals surface area contributed by atoms with Gasteiger partial charge in [0, 0.05) is 17.1 Å². The first-order chi connectivity index (χ1) is 8.74. The van der Waals surface area contributed by atoms with Gasteiger partial charge in [0.2, 0.25) is 0 Å². The summed E-state index contributed by atoms with van der Waals surface area (Å²) < 4.78 is 13.1. The molecular formula is C13H9FN4. The van der Waals surface area contributed by atoms with Crippen LogP contribution < -0.4 is 5.73 Å². The van der Waals surface area contributed by atoms with Gasteiger partial charge in [-0.2, -0.15) is 0 Å². The molecule has 0 unspecified atom stereocenters. The highest BCUT2D eigenvalue weighted by Crippen LogP contribution is 2.25. The second kappa shape index (κ2) is 4.03. The molecule has 0 amide bonds. The fourth-order valence-corrected chi connectivity index (χ4v) is 1.83. The summed E-state index contributed by atoms with van der Waals surface area (Å²) >= 11 is 0. The number of nitrogens with two attached hydrogens (primary N) is 1. The van der Waals surface area contributed by atoms with Gasteiger partial charge in [0.1, 0.15) is 18.0 Å². The number of fused-ring (bicyclic) bond motifs is 1. The minimum Gasteiger partial charge on any atom is -0.383 e. The predicted molar refractivity (Wildman–Crippen MR) is 67.1 cm³/mol. The van der Waals surface area contributed by atoms with Gasteiger partial charge >= 0.3 is 0 Å². The number of aromatic nitrogens is 3. The van der Waals surface area contributed by atoms with E-state index in [4.69, 9.17) is 5.73 Å². The van der Waals surface area contributed by atoms with Crippen LogP contribution in [0.5, 0.6) is 0 Å². The maximum Gasteiger partial charge on any atom is 0.142 e. The molecule has 2 aromatic heterocycles. The zero-order valence-electron chi connectivity index (χ0n) is 9.34. The zero-order valence-corrected chi connectivity index (χ0v) is 9.34. The molecule has 0 aliphatic rings. The van der Waals surface area contributed by atoms with Gasteiger partial charge in [-0.1, -0.05) is 6.07 Å². The summed E-state index contributed by atoms with van der Waals surface area (Å²) in [6.45, 7) is 0. The standard InChI is InChI=1S/C13H9FN4/c14-10-3-9(5-16-6-10)8-1-2-12-11(4-8)13(15)18-7-17-12/h1-7H,(H2,15,17,18). The molecule has 0 radical (unpaired) electrons. The monoisotopic (exact) mass is 240 g/mol. The van der Waals surface area contributed by atoms with E-state index in [1.54, 1.807) is 6.20 Å². The molecule has 0 atom stereocenters. The first kappa shape index (κ1) is 10.6. The van der Waals surface area contributed by atoms with Crippen molar-refractivity contribution in [3.05, 3.63) is 48.8 Å². The average molecular weight is 240 g/mol. The van der Waals surface area contributed by atoms with Crippen molar-refractivity contribution >= 4 is 16.7 Å². The number of pyridine rings is 1. The van der Waals surface area contributed by atoms with Crippen LogP contribution in [0.1, 0.15) is 0 Å². The lowest BCUT2D eigenvalue weighted by Gasteiger charge is -2.04. The molecule has 0 aliphatic heterocycles. The number of halogens is 1. The summed E-state index contributed by atoms with van der Waals surface area (Å²) in [6.07, 6.45) is 4.19. The molecule has 0 bridgehead atoms. The number of hydrogen-bond donors (Lipinski definition) is 1. The molecule has 5 heteroatoms. The fourth-order valence-electron chi connectivity index (χ4n) is 1.83. The predicted octanol–water partition coefficient (Wildman–Crippen LogP) is 2.41. The maximum atomic E-state index is 13.1. The van der Waals surface area contributed by atoms with Crippen molar-refractivity contribution in [1.82, 2.24) is 15.0 Å². The maximum absolute atomic E-state index is 13.1. The van der Waals surface area contributed by atoms with Crippen molar-refractivity contribution in [2.75, 3.05) is 5.73 Å². The molecule has 0 saturated heterocycles. The minimum absolute atomic E-state index is 0.370. The second-order valence-corrected chi connectivity index (χ2v) is 3.88. The number of nitrogens with zero attached hydrogens (tertiary/aromatic N) is 3. The van der Waals surface area contributed by atoms with Gasteiger partial charge < -0.3 is 5.73 Å². The van der Waals surface area contributed by atoms with Crippen molar-refractivity contribution in [3.8, 4) is 11.1 Å². The molecule has 4 nitrogen and oxygen atoms in total. The van der Waals surface area contributed by atoms with E-state index in [0.29, 0.717) is 11.4 Å². The molecule has 1 aromatic carbocycles. The Hall–Kier alpha value is -2.56. The van der Waals surface area contributed by atoms with E-state index < -0.39 is 0 Å². The van der Waals surface area contributed by atoms with Gasteiger partial charge in [0.05, 0.1) is 11.7 Å². The van der Waals surface area contributed by atoms with Gasteiger partial charge in [-0.3, -0.25) is 4.98 Å². The molecule has 0 fully saturated rings. The molecule has 18 heavy (non-hydrogen) atoms. The van der Waals surface area contributed by atoms with Crippen molar-refractivity contribution in [3.63, 3.8) is 0 Å². The van der Waals surface area contributed by atoms with Crippen LogP contribution in [0.25, 0.3) is 22.0 Å². The number of anilines is 1. The van der Waals surface area contributed by atoms with E-state index in [9.17, 15) is 4.39 Å². The topological polar surface area (TPSA) is 64.7 Å². The Kier molecular flexibility index (Phi) is 2.37. The van der Waals surface area contributed by atoms with Crippen LogP contribution in [0.15, 0.2) is 43.0 Å². The van der Waals surface area contributed by atoms with E-state index in [2.05, 4.69) is 15.0 Å². The molecule has 0 saturated carbocycles. The highest BCUT2D eigenvalue weighted by Gasteiger charge is 2.04. The Bertz CT molecular complexity index is 727. The lowest BCUT2D eigenvalue weighted by Crippen LogP contribution is -1.93. The van der Waals surface area contributed by atoms with Crippen LogP contribution in [-0.2, 0) is 0 Å². The largest absolute Gasteiger partial charge is 0.383 e. The first-order valence-corrected chi connectivity index (χ1v) is 5.35. The highest BCUT2D eigenvalue weighted by molar-refractivity contribution is 5.91. The summed E-state index contributed by atoms with van der Waals surface area (Å²) in [6, 6.07) is 6.94. The summed E-state index contributed by atoms with van der Waals surface area (Å²) in [5, 5.41) is 0.749. The SMILES string of the molecule is Nc1ncnc2ccc(-c3cncc(F)c3)cc12. The van der Waals surface area contributed by atoms with E-state index in [1.807, 2.05) is 18.2 Å². The van der Waals surface area contributed by atoms with Gasteiger partial charge in [0.15, 0.2) is 0 Å². The van der Waals surface area contributed by atoms with Gasteiger partial charge in [-0.15, -0.1) is 0 Å². The zero-order chi connectivity index (χ0) is 12.5. The third-order valence-electron chi connectivity index (χ3n) is 2.70. The van der Waals surface area contributed by atoms with Crippen molar-refractivity contribution in [1.29, 1.82) is 0 Å². The van der Waals surface area contributed by atoms with Crippen LogP contribution in [-0.4, -0.2) is 15.0 Å². The Morgan fingerprint density at radius 2 is 1.89 bits per heavy atom. The summed E-state index contributed by atoms with van der Waals surface area (Å²) in [5.74, 6) is 0.0380. The average Bonchev–Trinajstić information content (AvgIpc) is 2.39. The smallest absolute Gasteiger partial charge is 0.142 e. The minimum atomic E-state index is -0.370. The van der Waals surface area contributed by atoms with Crippen LogP contribution in [0.3, 0.4) is 0 Å². The third-order valence-corrected chi connectivity index (χ3v) is 2.70. The second-order valence-electron chi connectivity index (χ2n) is 3.88. The van der Waals surface area contributed by atoms with Crippen LogP contribution in [0.2, 0.25) is 0 Å². The Morgan fingerprint density at radius 1 is 1.00 bits per heavy atom. The highest BCUT2D eigenvalue weighted by atomic mass is 19.1. The molecule has 3 rings (SSSR count). The summed E-state index contributed by atoms with van der Waals surface area (Å²) in [5.41, 5.74) is 8.08. The van der Waals surface area contributed by atoms with E-state index in [1.165, 1.54) is 18.6 Å². The number of nitrogen functional groups attached to an aromatic ring is 1. The van der Waals surface area contributed by atoms with E-state index in [0.717, 1.165) is 16.5 Å². The molecule has 0 spiro atoms. The van der Waals surface area contributed by atoms with Gasteiger partial charge in [0.25, 0.3) is 0 Å². The molecule has 0 aliphatic carbocycles. The van der Waals surface area contributed by atoms with Crippen LogP contribution >= 0.6 is 0 Å². The molecule has 2 N–H and O–H groups in total. The Balaban J connectivity index is 2.22. The quantitative estimate of drug-likeness (QED) is 0.709. The van der Waals surface area contributed by atoms with Crippen LogP contribution in [0.4, 0.5) is 10.2 Å². The Labute approximate surface area is 102 Å². The fraction of sp³-hybridized carbons (Fsp3) is 0. The molecule has 88 valence electrons. The number of rotatable bonds is 1. The van der Waals surface area contributed by atoms with E-state index >= 15 is 0 Å². The molecule has 2 heterocycles. The lowest BCUT2D eigenvalue weighted by atomic mass is 10.1. The molecule has 3 aromatic rings. The Morgan fingerprint density at radius 3 is 2.72 bits per heavy atom. The molecular weight excluding hydrogens is 231 g/mol. The van der Waals surface area contributed by atoms with Crippen LogP contribution in [0, 0.1) is 5.82 Å². The summed E-state index contributed by atoms with van der Waals surface area (Å²) in [4.78, 5) is 11.9.